The van der Waals surface area contributed by atoms with Crippen molar-refractivity contribution in [3.05, 3.63) is 19.1 Å². The van der Waals surface area contributed by atoms with Crippen molar-refractivity contribution in [1.82, 2.24) is 55.6 Å². The zero-order chi connectivity index (χ0) is 80.6. The van der Waals surface area contributed by atoms with Crippen molar-refractivity contribution in [2.45, 2.75) is 274 Å². The molecule has 1 radical (unpaired) electrons. The van der Waals surface area contributed by atoms with E-state index in [2.05, 4.69) is 28.2 Å². The lowest BCUT2D eigenvalue weighted by atomic mass is 9.91. The van der Waals surface area contributed by atoms with Gasteiger partial charge in [-0.3, -0.25) is 62.3 Å². The number of hydrogen-bond acceptors (Lipinski definition) is 18. The highest BCUT2D eigenvalue weighted by molar-refractivity contribution is 6.00. The molecule has 0 bridgehead atoms. The Bertz CT molecular complexity index is 2900. The van der Waals surface area contributed by atoms with Gasteiger partial charge in [0.15, 0.2) is 0 Å². The van der Waals surface area contributed by atoms with Crippen molar-refractivity contribution in [2.24, 2.45) is 41.4 Å². The van der Waals surface area contributed by atoms with Gasteiger partial charge in [-0.05, 0) is 126 Å². The minimum Gasteiger partial charge on any atom is -0.466 e. The van der Waals surface area contributed by atoms with Gasteiger partial charge in [0.25, 0.3) is 0 Å². The number of esters is 2. The summed E-state index contributed by atoms with van der Waals surface area (Å²) >= 11 is 0. The monoisotopic (exact) mass is 1490 g/mol. The van der Waals surface area contributed by atoms with E-state index < -0.39 is 175 Å². The molecule has 29 nitrogen and oxygen atoms in total. The van der Waals surface area contributed by atoms with E-state index in [-0.39, 0.29) is 81.2 Å². The van der Waals surface area contributed by atoms with Crippen LogP contribution >= 0.6 is 0 Å². The predicted molar refractivity (Wildman–Crippen MR) is 398 cm³/mol. The largest absolute Gasteiger partial charge is 0.511 e. The van der Waals surface area contributed by atoms with Crippen LogP contribution in [0.15, 0.2) is 12.2 Å². The first kappa shape index (κ1) is 95.1. The molecule has 1 heterocycles. The van der Waals surface area contributed by atoms with Gasteiger partial charge in [-0.25, -0.2) is 4.79 Å². The van der Waals surface area contributed by atoms with Crippen LogP contribution < -0.4 is 21.3 Å². The molecule has 0 aromatic carbocycles. The normalized spacial score (nSPS) is 23.8. The average molecular weight is 1490 g/mol. The maximum Gasteiger partial charge on any atom is 0.511 e. The van der Waals surface area contributed by atoms with Crippen LogP contribution in [0.2, 0.25) is 0 Å². The summed E-state index contributed by atoms with van der Waals surface area (Å²) in [5.74, 6) is -12.1. The molecule has 12 atom stereocenters. The fourth-order valence-corrected chi connectivity index (χ4v) is 12.5. The molecule has 4 N–H and O–H groups in total. The summed E-state index contributed by atoms with van der Waals surface area (Å²) in [6.45, 7) is 31.7. The van der Waals surface area contributed by atoms with E-state index in [9.17, 15) is 47.9 Å². The number of allylic oxidation sites excluding steroid dienone is 2. The predicted octanol–water partition coefficient (Wildman–Crippen LogP) is 6.43. The molecule has 1 rings (SSSR count). The van der Waals surface area contributed by atoms with Crippen LogP contribution in [-0.4, -0.2) is 253 Å². The number of nitrogens with one attached hydrogen (secondary N) is 4. The Labute approximate surface area is 626 Å². The van der Waals surface area contributed by atoms with Crippen LogP contribution in [0.3, 0.4) is 0 Å². The highest BCUT2D eigenvalue weighted by Crippen LogP contribution is 2.28. The number of carbonyl (C=O) groups is 14. The maximum absolute atomic E-state index is 15.7. The van der Waals surface area contributed by atoms with Crippen LogP contribution in [0.4, 0.5) is 4.79 Å². The minimum atomic E-state index is -1.84. The second-order valence-corrected chi connectivity index (χ2v) is 30.6. The molecule has 0 aliphatic carbocycles. The quantitative estimate of drug-likeness (QED) is 0.0215. The van der Waals surface area contributed by atoms with Crippen LogP contribution in [0.1, 0.15) is 208 Å². The van der Waals surface area contributed by atoms with E-state index in [1.807, 2.05) is 55.4 Å². The Kier molecular flexibility index (Phi) is 42.5. The summed E-state index contributed by atoms with van der Waals surface area (Å²) in [5, 5.41) is 11.0. The summed E-state index contributed by atoms with van der Waals surface area (Å²) in [7, 11) is 9.62. The minimum absolute atomic E-state index is 0.0658. The van der Waals surface area contributed by atoms with Crippen molar-refractivity contribution < 1.29 is 86.1 Å². The Hall–Kier alpha value is -7.88. The topological polar surface area (TPSA) is 347 Å². The maximum atomic E-state index is 15.7. The molecule has 0 aromatic rings. The third-order valence-corrected chi connectivity index (χ3v) is 18.8. The van der Waals surface area contributed by atoms with Gasteiger partial charge in [-0.2, -0.15) is 0 Å². The number of amides is 11. The molecular formula is C76H132N11O18. The lowest BCUT2D eigenvalue weighted by Gasteiger charge is -2.42. The van der Waals surface area contributed by atoms with Gasteiger partial charge in [0, 0.05) is 62.2 Å². The molecule has 1 saturated heterocycles. The number of rotatable bonds is 28. The molecule has 29 heteroatoms. The molecule has 1 aliphatic rings. The summed E-state index contributed by atoms with van der Waals surface area (Å²) in [4.78, 5) is 211. The molecule has 11 amide bonds. The Balaban J connectivity index is 4.37. The van der Waals surface area contributed by atoms with Gasteiger partial charge < -0.3 is 74.5 Å². The third-order valence-electron chi connectivity index (χ3n) is 18.8. The van der Waals surface area contributed by atoms with Gasteiger partial charge in [-0.15, -0.1) is 0 Å². The first-order valence-corrected chi connectivity index (χ1v) is 37.5. The second kappa shape index (κ2) is 46.9. The first-order chi connectivity index (χ1) is 48.9. The van der Waals surface area contributed by atoms with Crippen molar-refractivity contribution in [1.29, 1.82) is 0 Å². The van der Waals surface area contributed by atoms with Gasteiger partial charge in [0.05, 0.1) is 13.2 Å². The van der Waals surface area contributed by atoms with E-state index in [1.165, 1.54) is 87.7 Å². The zero-order valence-electron chi connectivity index (χ0n) is 67.8. The summed E-state index contributed by atoms with van der Waals surface area (Å²) in [5.41, 5.74) is 0. The van der Waals surface area contributed by atoms with Gasteiger partial charge in [0.1, 0.15) is 66.5 Å². The molecule has 1 fully saturated rings. The second-order valence-electron chi connectivity index (χ2n) is 30.6. The standard InChI is InChI=1S/C76H132N11O18/c1-26-29-32-36-60(89)102-38-34-31-33-37-61(90)103-44-104-76(101)105-65(51(16)35-30-27-2)64-69(94)79-54(28-3)71(96)81(19)43-59(88)82(20)55(39-45(4)5)68(93)80-62(49(12)13)74(99)83(21)56(40-46(6)7)67(92)77-52(17)66(91)78-53(18)70(95)84(22)57(41-47(8)9)72(97)85(23)58(42-48(10)11)73(98)86(24)63(50(14)15)75(100)87(64)25/h27,30,45-58,62-65H,1,26,28-29,31-44H2,2-25H3,(H,77,92)(H,78,91)(H,79,94)(H,80,93)/b30-27+/t51-,52?,53?,54?,55+,56-,57-,58?,62?,63-,64?,65?/m1/s1. The SMILES string of the molecule is [CH2]CCCCC(=O)OCCCCCC(=O)OCOC(=O)OC(C1C(=O)NC(CC)C(=O)N(C)CC(=O)N(C)[C@@H](CC(C)C)C(=O)NC(C(C)C)C(=O)N(C)[C@H](CC(C)C)C(=O)NC(C)C(=O)NC(C)C(=O)N(C)[C@H](CC(C)C)C(=O)N(C)C(CC(C)C)C(=O)N(C)[C@H](C(C)C)C(=O)N1C)[C@H](C)C/C=C/C. The van der Waals surface area contributed by atoms with Crippen LogP contribution in [-0.2, 0) is 81.3 Å². The molecule has 1 aliphatic heterocycles. The molecular weight excluding hydrogens is 1350 g/mol. The van der Waals surface area contributed by atoms with Crippen LogP contribution in [0, 0.1) is 48.3 Å². The van der Waals surface area contributed by atoms with E-state index in [4.69, 9.17) is 18.9 Å². The number of hydrogen-bond donors (Lipinski definition) is 4. The van der Waals surface area contributed by atoms with Crippen molar-refractivity contribution in [2.75, 3.05) is 69.3 Å². The highest BCUT2D eigenvalue weighted by Gasteiger charge is 2.47. The lowest BCUT2D eigenvalue weighted by molar-refractivity contribution is -0.159. The van der Waals surface area contributed by atoms with Gasteiger partial charge in [-0.1, -0.05) is 129 Å². The molecule has 599 valence electrons. The fraction of sp³-hybridized carbons (Fsp3) is 0.776. The number of unbranched alkanes of at least 4 members (excludes halogenated alkanes) is 4. The van der Waals surface area contributed by atoms with E-state index in [1.54, 1.807) is 60.6 Å². The third kappa shape index (κ3) is 30.9. The van der Waals surface area contributed by atoms with Crippen LogP contribution in [0.25, 0.3) is 0 Å². The number of nitrogens with zero attached hydrogens (tertiary/aromatic N) is 7. The molecule has 0 spiro atoms. The van der Waals surface area contributed by atoms with Crippen LogP contribution in [0.5, 0.6) is 0 Å². The first-order valence-electron chi connectivity index (χ1n) is 37.5. The fourth-order valence-electron chi connectivity index (χ4n) is 12.5. The Morgan fingerprint density at radius 1 is 0.486 bits per heavy atom. The number of ether oxygens (including phenoxy) is 4. The summed E-state index contributed by atoms with van der Waals surface area (Å²) < 4.78 is 21.8. The van der Waals surface area contributed by atoms with Gasteiger partial charge >= 0.3 is 18.1 Å². The summed E-state index contributed by atoms with van der Waals surface area (Å²) in [6, 6.07) is -13.3. The van der Waals surface area contributed by atoms with Crippen molar-refractivity contribution in [3.63, 3.8) is 0 Å². The van der Waals surface area contributed by atoms with Gasteiger partial charge in [0.2, 0.25) is 71.8 Å². The molecule has 0 aromatic heterocycles. The number of carbonyl (C=O) groups excluding carboxylic acids is 14. The Morgan fingerprint density at radius 3 is 1.46 bits per heavy atom. The Morgan fingerprint density at radius 2 is 0.952 bits per heavy atom. The smallest absolute Gasteiger partial charge is 0.466 e. The lowest BCUT2D eigenvalue weighted by Crippen LogP contribution is -2.64. The van der Waals surface area contributed by atoms with E-state index in [0.717, 1.165) is 22.6 Å². The molecule has 0 saturated carbocycles. The highest BCUT2D eigenvalue weighted by atomic mass is 16.8. The number of likely N-dealkylation sites (N-methyl/N-ethyl adjacent to an activating group) is 7. The average Bonchev–Trinajstić information content (AvgIpc) is 0.799. The molecule has 7 unspecified atom stereocenters. The van der Waals surface area contributed by atoms with Crippen molar-refractivity contribution >= 4 is 83.1 Å². The summed E-state index contributed by atoms with van der Waals surface area (Å²) in [6.07, 6.45) is 4.67. The zero-order valence-corrected chi connectivity index (χ0v) is 67.8. The van der Waals surface area contributed by atoms with E-state index in [0.29, 0.717) is 32.1 Å². The van der Waals surface area contributed by atoms with Crippen molar-refractivity contribution in [3.8, 4) is 0 Å². The van der Waals surface area contributed by atoms with E-state index >= 15 is 19.2 Å². The molecule has 105 heavy (non-hydrogen) atoms.